The van der Waals surface area contributed by atoms with Crippen LogP contribution in [0.15, 0.2) is 42.6 Å². The van der Waals surface area contributed by atoms with Crippen molar-refractivity contribution in [1.29, 1.82) is 0 Å². The number of hydrogen-bond acceptors (Lipinski definition) is 4. The molecule has 5 heteroatoms. The van der Waals surface area contributed by atoms with Crippen molar-refractivity contribution in [3.8, 4) is 0 Å². The lowest BCUT2D eigenvalue weighted by molar-refractivity contribution is -0.137. The van der Waals surface area contributed by atoms with Crippen molar-refractivity contribution in [2.24, 2.45) is 5.92 Å². The van der Waals surface area contributed by atoms with Gasteiger partial charge < -0.3 is 15.0 Å². The molecule has 2 aromatic rings. The van der Waals surface area contributed by atoms with Crippen LogP contribution < -0.4 is 5.32 Å². The van der Waals surface area contributed by atoms with E-state index in [0.29, 0.717) is 11.9 Å². The highest BCUT2D eigenvalue weighted by atomic mass is 16.5. The smallest absolute Gasteiger partial charge is 0.225 e. The molecule has 2 fully saturated rings. The molecule has 2 aliphatic heterocycles. The van der Waals surface area contributed by atoms with E-state index in [4.69, 9.17) is 9.72 Å². The highest BCUT2D eigenvalue weighted by molar-refractivity contribution is 5.79. The maximum absolute atomic E-state index is 13.0. The summed E-state index contributed by atoms with van der Waals surface area (Å²) in [5, 5.41) is 3.99. The molecule has 3 heterocycles. The van der Waals surface area contributed by atoms with Gasteiger partial charge in [0.05, 0.1) is 11.6 Å². The lowest BCUT2D eigenvalue weighted by atomic mass is 9.68. The molecule has 0 radical (unpaired) electrons. The Bertz CT molecular complexity index is 1110. The molecule has 6 rings (SSSR count). The fraction of sp³-hybridized carbons (Fsp3) is 0.625. The molecular weight excluding hydrogens is 458 g/mol. The maximum atomic E-state index is 13.0. The van der Waals surface area contributed by atoms with E-state index in [1.807, 2.05) is 26.1 Å². The minimum absolute atomic E-state index is 0.0509. The highest BCUT2D eigenvalue weighted by Crippen LogP contribution is 2.50. The summed E-state index contributed by atoms with van der Waals surface area (Å²) in [6.45, 7) is 6.72. The molecule has 0 bridgehead atoms. The normalized spacial score (nSPS) is 28.5. The van der Waals surface area contributed by atoms with E-state index in [-0.39, 0.29) is 23.0 Å². The van der Waals surface area contributed by atoms with Crippen LogP contribution in [-0.4, -0.2) is 41.1 Å². The van der Waals surface area contributed by atoms with Crippen molar-refractivity contribution in [1.82, 2.24) is 15.2 Å². The zero-order valence-electron chi connectivity index (χ0n) is 22.7. The monoisotopic (exact) mass is 501 g/mol. The molecule has 1 aromatic heterocycles. The van der Waals surface area contributed by atoms with Crippen LogP contribution in [0.1, 0.15) is 106 Å². The number of pyridine rings is 1. The van der Waals surface area contributed by atoms with E-state index in [1.165, 1.54) is 48.1 Å². The predicted octanol–water partition coefficient (Wildman–Crippen LogP) is 6.04. The summed E-state index contributed by atoms with van der Waals surface area (Å²) in [5.74, 6) is 0.351. The minimum atomic E-state index is 0.0509. The Morgan fingerprint density at radius 2 is 2.00 bits per heavy atom. The first-order chi connectivity index (χ1) is 18.0. The molecule has 5 nitrogen and oxygen atoms in total. The Morgan fingerprint density at radius 1 is 1.14 bits per heavy atom. The SMILES string of the molecule is CC(C)C(=O)N1CCc2cccc3c2C1CCC3NCC[C@@]1(c2ccccn2)CCOC2(CCCC2)C1. The molecule has 1 saturated carbocycles. The molecule has 1 aromatic carbocycles. The third-order valence-corrected chi connectivity index (χ3v) is 9.81. The molecule has 1 spiro atoms. The standard InChI is InChI=1S/C32H43N3O2/c1-23(2)30(36)35-20-13-24-8-7-9-25-26(11-12-27(35)29(24)25)33-19-16-31(28-10-3-6-18-34-28)17-21-37-32(22-31)14-4-5-15-32/h3,6-10,18,23,26-27,33H,4-5,11-17,19-22H2,1-2H3/t26?,27?,31-/m1/s1. The lowest BCUT2D eigenvalue weighted by Crippen LogP contribution is -2.48. The zero-order chi connectivity index (χ0) is 25.5. The number of carbonyl (C=O) groups excluding carboxylic acids is 1. The van der Waals surface area contributed by atoms with Crippen LogP contribution in [0.4, 0.5) is 0 Å². The van der Waals surface area contributed by atoms with Gasteiger partial charge >= 0.3 is 0 Å². The first kappa shape index (κ1) is 25.1. The van der Waals surface area contributed by atoms with Crippen LogP contribution in [0.2, 0.25) is 0 Å². The lowest BCUT2D eigenvalue weighted by Gasteiger charge is -2.47. The molecule has 4 aliphatic rings. The molecule has 37 heavy (non-hydrogen) atoms. The summed E-state index contributed by atoms with van der Waals surface area (Å²) >= 11 is 0. The molecule has 2 aliphatic carbocycles. The van der Waals surface area contributed by atoms with Crippen LogP contribution in [0.5, 0.6) is 0 Å². The third kappa shape index (κ3) is 4.63. The molecule has 1 N–H and O–H groups in total. The molecule has 3 atom stereocenters. The zero-order valence-corrected chi connectivity index (χ0v) is 22.7. The van der Waals surface area contributed by atoms with Crippen molar-refractivity contribution in [2.45, 2.75) is 101 Å². The summed E-state index contributed by atoms with van der Waals surface area (Å²) in [6.07, 6.45) is 13.2. The first-order valence-corrected chi connectivity index (χ1v) is 14.7. The Morgan fingerprint density at radius 3 is 2.78 bits per heavy atom. The van der Waals surface area contributed by atoms with E-state index in [0.717, 1.165) is 58.2 Å². The molecule has 1 amide bonds. The van der Waals surface area contributed by atoms with Gasteiger partial charge in [0, 0.05) is 42.4 Å². The fourth-order valence-electron chi connectivity index (χ4n) is 7.98. The number of carbonyl (C=O) groups is 1. The van der Waals surface area contributed by atoms with Crippen LogP contribution in [0, 0.1) is 5.92 Å². The Hall–Kier alpha value is -2.24. The van der Waals surface area contributed by atoms with Gasteiger partial charge in [-0.3, -0.25) is 9.78 Å². The Labute approximate surface area is 222 Å². The van der Waals surface area contributed by atoms with E-state index in [2.05, 4.69) is 40.5 Å². The Kier molecular flexibility index (Phi) is 6.87. The molecule has 2 unspecified atom stereocenters. The van der Waals surface area contributed by atoms with Gasteiger partial charge in [-0.1, -0.05) is 51.0 Å². The van der Waals surface area contributed by atoms with Gasteiger partial charge in [-0.25, -0.2) is 0 Å². The number of ether oxygens (including phenoxy) is 1. The second-order valence-electron chi connectivity index (χ2n) is 12.4. The summed E-state index contributed by atoms with van der Waals surface area (Å²) in [6, 6.07) is 13.8. The van der Waals surface area contributed by atoms with Gasteiger partial charge in [-0.15, -0.1) is 0 Å². The summed E-state index contributed by atoms with van der Waals surface area (Å²) in [4.78, 5) is 20.1. The maximum Gasteiger partial charge on any atom is 0.225 e. The van der Waals surface area contributed by atoms with Gasteiger partial charge in [0.25, 0.3) is 0 Å². The largest absolute Gasteiger partial charge is 0.375 e. The van der Waals surface area contributed by atoms with Crippen LogP contribution in [-0.2, 0) is 21.4 Å². The average molecular weight is 502 g/mol. The number of hydrogen-bond donors (Lipinski definition) is 1. The number of rotatable bonds is 6. The number of nitrogens with zero attached hydrogens (tertiary/aromatic N) is 2. The van der Waals surface area contributed by atoms with Crippen molar-refractivity contribution in [3.63, 3.8) is 0 Å². The number of amides is 1. The minimum Gasteiger partial charge on any atom is -0.375 e. The molecular formula is C32H43N3O2. The number of aromatic nitrogens is 1. The second-order valence-corrected chi connectivity index (χ2v) is 12.4. The average Bonchev–Trinajstić information content (AvgIpc) is 3.37. The van der Waals surface area contributed by atoms with Crippen LogP contribution in [0.3, 0.4) is 0 Å². The second kappa shape index (κ2) is 10.1. The van der Waals surface area contributed by atoms with Gasteiger partial charge in [0.1, 0.15) is 0 Å². The van der Waals surface area contributed by atoms with E-state index in [1.54, 1.807) is 0 Å². The van der Waals surface area contributed by atoms with Gasteiger partial charge in [-0.05, 0) is 86.7 Å². The number of benzene rings is 1. The number of nitrogens with one attached hydrogen (secondary N) is 1. The summed E-state index contributed by atoms with van der Waals surface area (Å²) < 4.78 is 6.46. The quantitative estimate of drug-likeness (QED) is 0.524. The van der Waals surface area contributed by atoms with Gasteiger partial charge in [0.2, 0.25) is 5.91 Å². The van der Waals surface area contributed by atoms with Gasteiger partial charge in [-0.2, -0.15) is 0 Å². The van der Waals surface area contributed by atoms with Crippen LogP contribution >= 0.6 is 0 Å². The van der Waals surface area contributed by atoms with Crippen molar-refractivity contribution in [2.75, 3.05) is 19.7 Å². The fourth-order valence-corrected chi connectivity index (χ4v) is 7.98. The summed E-state index contributed by atoms with van der Waals surface area (Å²) in [5.41, 5.74) is 5.67. The first-order valence-electron chi connectivity index (χ1n) is 14.7. The van der Waals surface area contributed by atoms with E-state index < -0.39 is 0 Å². The van der Waals surface area contributed by atoms with Crippen molar-refractivity contribution in [3.05, 3.63) is 65.0 Å². The van der Waals surface area contributed by atoms with Crippen molar-refractivity contribution < 1.29 is 9.53 Å². The molecule has 198 valence electrons. The third-order valence-electron chi connectivity index (χ3n) is 9.81. The van der Waals surface area contributed by atoms with Crippen molar-refractivity contribution >= 4 is 5.91 Å². The summed E-state index contributed by atoms with van der Waals surface area (Å²) in [7, 11) is 0. The highest BCUT2D eigenvalue weighted by Gasteiger charge is 2.48. The van der Waals surface area contributed by atoms with Crippen LogP contribution in [0.25, 0.3) is 0 Å². The predicted molar refractivity (Wildman–Crippen MR) is 146 cm³/mol. The van der Waals surface area contributed by atoms with Gasteiger partial charge in [0.15, 0.2) is 0 Å². The van der Waals surface area contributed by atoms with E-state index in [9.17, 15) is 4.79 Å². The van der Waals surface area contributed by atoms with E-state index >= 15 is 0 Å². The topological polar surface area (TPSA) is 54.5 Å². The Balaban J connectivity index is 1.21. The molecule has 1 saturated heterocycles.